The molecule has 0 saturated carbocycles. The third-order valence-corrected chi connectivity index (χ3v) is 3.81. The van der Waals surface area contributed by atoms with Gasteiger partial charge in [-0.05, 0) is 30.2 Å². The quantitative estimate of drug-likeness (QED) is 0.745. The second-order valence-electron chi connectivity index (χ2n) is 4.90. The lowest BCUT2D eigenvalue weighted by atomic mass is 9.82. The molecule has 1 aromatic carbocycles. The van der Waals surface area contributed by atoms with Crippen LogP contribution in [0.15, 0.2) is 12.1 Å². The van der Waals surface area contributed by atoms with E-state index in [9.17, 15) is 5.11 Å². The van der Waals surface area contributed by atoms with E-state index >= 15 is 0 Å². The fourth-order valence-electron chi connectivity index (χ4n) is 2.90. The zero-order valence-corrected chi connectivity index (χ0v) is 12.8. The Bertz CT molecular complexity index is 473. The average molecular weight is 294 g/mol. The summed E-state index contributed by atoms with van der Waals surface area (Å²) in [6, 6.07) is 3.93. The molecule has 3 aliphatic rings. The number of fused-ring (bicyclic) bond motifs is 6. The van der Waals surface area contributed by atoms with Crippen LogP contribution in [0.5, 0.6) is 11.5 Å². The van der Waals surface area contributed by atoms with Crippen molar-refractivity contribution in [3.63, 3.8) is 0 Å². The van der Waals surface area contributed by atoms with Crippen molar-refractivity contribution in [3.8, 4) is 11.5 Å². The predicted octanol–water partition coefficient (Wildman–Crippen LogP) is 2.77. The first-order valence-electron chi connectivity index (χ1n) is 7.34. The normalized spacial score (nSPS) is 29.8. The molecular weight excluding hydrogens is 272 g/mol. The second kappa shape index (κ2) is 6.45. The molecule has 0 aliphatic carbocycles. The SMILES string of the molecule is CC.CC=O.C[C@@H]1[C@H](O)[C@H]2O[C@@H]1c1cc3c(cc12)OCO3. The van der Waals surface area contributed by atoms with Gasteiger partial charge in [-0.15, -0.1) is 0 Å². The molecule has 2 bridgehead atoms. The van der Waals surface area contributed by atoms with Crippen molar-refractivity contribution in [3.05, 3.63) is 23.3 Å². The van der Waals surface area contributed by atoms with Crippen molar-refractivity contribution in [2.24, 2.45) is 5.92 Å². The molecule has 1 saturated heterocycles. The van der Waals surface area contributed by atoms with Crippen molar-refractivity contribution >= 4 is 6.29 Å². The van der Waals surface area contributed by atoms with Crippen molar-refractivity contribution in [2.45, 2.75) is 46.0 Å². The largest absolute Gasteiger partial charge is 0.454 e. The molecule has 116 valence electrons. The molecule has 21 heavy (non-hydrogen) atoms. The molecule has 5 nitrogen and oxygen atoms in total. The summed E-state index contributed by atoms with van der Waals surface area (Å²) in [7, 11) is 0. The summed E-state index contributed by atoms with van der Waals surface area (Å²) in [6.07, 6.45) is 0.159. The van der Waals surface area contributed by atoms with Crippen LogP contribution >= 0.6 is 0 Å². The van der Waals surface area contributed by atoms with E-state index < -0.39 is 6.10 Å². The number of benzene rings is 1. The molecule has 1 aromatic rings. The number of rotatable bonds is 0. The Morgan fingerprint density at radius 1 is 1.14 bits per heavy atom. The molecule has 3 heterocycles. The van der Waals surface area contributed by atoms with Gasteiger partial charge >= 0.3 is 0 Å². The molecule has 3 aliphatic heterocycles. The number of aliphatic hydroxyl groups excluding tert-OH is 1. The number of carbonyl (C=O) groups is 1. The number of ether oxygens (including phenoxy) is 3. The van der Waals surface area contributed by atoms with E-state index in [1.165, 1.54) is 6.92 Å². The van der Waals surface area contributed by atoms with Crippen molar-refractivity contribution in [1.29, 1.82) is 0 Å². The van der Waals surface area contributed by atoms with Crippen LogP contribution in [0.2, 0.25) is 0 Å². The Labute approximate surface area is 124 Å². The smallest absolute Gasteiger partial charge is 0.231 e. The Morgan fingerprint density at radius 3 is 2.14 bits per heavy atom. The lowest BCUT2D eigenvalue weighted by Crippen LogP contribution is -2.24. The summed E-state index contributed by atoms with van der Waals surface area (Å²) >= 11 is 0. The van der Waals surface area contributed by atoms with E-state index in [-0.39, 0.29) is 24.9 Å². The summed E-state index contributed by atoms with van der Waals surface area (Å²) in [4.78, 5) is 8.81. The van der Waals surface area contributed by atoms with Gasteiger partial charge in [0, 0.05) is 5.92 Å². The number of carbonyl (C=O) groups excluding carboxylic acids is 1. The molecule has 1 N–H and O–H groups in total. The summed E-state index contributed by atoms with van der Waals surface area (Å²) in [5, 5.41) is 9.99. The van der Waals surface area contributed by atoms with Crippen LogP contribution < -0.4 is 9.47 Å². The fourth-order valence-corrected chi connectivity index (χ4v) is 2.90. The monoisotopic (exact) mass is 294 g/mol. The van der Waals surface area contributed by atoms with Gasteiger partial charge in [0.15, 0.2) is 11.5 Å². The molecule has 1 fully saturated rings. The Balaban J connectivity index is 0.000000291. The van der Waals surface area contributed by atoms with Crippen LogP contribution in [-0.4, -0.2) is 24.3 Å². The maximum absolute atomic E-state index is 9.99. The van der Waals surface area contributed by atoms with Crippen LogP contribution in [0.1, 0.15) is 51.0 Å². The first kappa shape index (κ1) is 15.8. The van der Waals surface area contributed by atoms with Gasteiger partial charge in [0.25, 0.3) is 0 Å². The minimum atomic E-state index is -0.405. The topological polar surface area (TPSA) is 65.0 Å². The van der Waals surface area contributed by atoms with Gasteiger partial charge in [-0.25, -0.2) is 0 Å². The van der Waals surface area contributed by atoms with Gasteiger partial charge in [-0.2, -0.15) is 0 Å². The number of aliphatic hydroxyl groups is 1. The van der Waals surface area contributed by atoms with Gasteiger partial charge < -0.3 is 24.1 Å². The Morgan fingerprint density at radius 2 is 1.62 bits per heavy atom. The van der Waals surface area contributed by atoms with Crippen LogP contribution in [-0.2, 0) is 9.53 Å². The van der Waals surface area contributed by atoms with E-state index in [2.05, 4.69) is 0 Å². The van der Waals surface area contributed by atoms with Gasteiger partial charge in [0.2, 0.25) is 6.79 Å². The highest BCUT2D eigenvalue weighted by Crippen LogP contribution is 2.56. The standard InChI is InChI=1S/C12H12O4.C2H4O.C2H6/c1-5-10(13)12-7-3-9-8(14-4-15-9)2-6(7)11(5)16-12;1-2-3;1-2/h2-3,5,10-13H,4H2,1H3;2H,1H3;1-2H3/t5-,10+,11+,12+;;/m1../s1. The zero-order valence-electron chi connectivity index (χ0n) is 12.8. The molecule has 0 amide bonds. The van der Waals surface area contributed by atoms with Crippen molar-refractivity contribution in [1.82, 2.24) is 0 Å². The van der Waals surface area contributed by atoms with Crippen LogP contribution in [0, 0.1) is 5.92 Å². The summed E-state index contributed by atoms with van der Waals surface area (Å²) < 4.78 is 16.5. The zero-order chi connectivity index (χ0) is 15.6. The third kappa shape index (κ3) is 2.51. The first-order chi connectivity index (χ1) is 10.2. The number of hydrogen-bond donors (Lipinski definition) is 1. The summed E-state index contributed by atoms with van der Waals surface area (Å²) in [5.74, 6) is 1.70. The number of aldehydes is 1. The van der Waals surface area contributed by atoms with E-state index in [1.807, 2.05) is 32.9 Å². The minimum absolute atomic E-state index is 0.00417. The van der Waals surface area contributed by atoms with Gasteiger partial charge in [0.1, 0.15) is 12.4 Å². The fraction of sp³-hybridized carbons (Fsp3) is 0.562. The van der Waals surface area contributed by atoms with Crippen LogP contribution in [0.3, 0.4) is 0 Å². The minimum Gasteiger partial charge on any atom is -0.454 e. The molecular formula is C16H22O5. The summed E-state index contributed by atoms with van der Waals surface area (Å²) in [5.41, 5.74) is 2.20. The molecule has 4 atom stereocenters. The molecule has 0 spiro atoms. The Hall–Kier alpha value is -1.59. The van der Waals surface area contributed by atoms with Gasteiger partial charge in [0.05, 0.1) is 12.2 Å². The average Bonchev–Trinajstić information content (AvgIpc) is 3.16. The first-order valence-corrected chi connectivity index (χ1v) is 7.34. The van der Waals surface area contributed by atoms with Crippen LogP contribution in [0.25, 0.3) is 0 Å². The van der Waals surface area contributed by atoms with E-state index in [0.29, 0.717) is 0 Å². The predicted molar refractivity (Wildman–Crippen MR) is 77.4 cm³/mol. The summed E-state index contributed by atoms with van der Waals surface area (Å²) in [6.45, 7) is 7.75. The highest BCUT2D eigenvalue weighted by molar-refractivity contribution is 5.53. The van der Waals surface area contributed by atoms with Gasteiger partial charge in [-0.1, -0.05) is 20.8 Å². The second-order valence-corrected chi connectivity index (χ2v) is 4.90. The van der Waals surface area contributed by atoms with E-state index in [4.69, 9.17) is 19.0 Å². The highest BCUT2D eigenvalue weighted by atomic mass is 16.7. The maximum atomic E-state index is 9.99. The molecule has 0 unspecified atom stereocenters. The molecule has 0 aromatic heterocycles. The van der Waals surface area contributed by atoms with Crippen LogP contribution in [0.4, 0.5) is 0 Å². The lowest BCUT2D eigenvalue weighted by molar-refractivity contribution is -0.106. The highest BCUT2D eigenvalue weighted by Gasteiger charge is 2.50. The van der Waals surface area contributed by atoms with Crippen molar-refractivity contribution < 1.29 is 24.1 Å². The van der Waals surface area contributed by atoms with Crippen molar-refractivity contribution in [2.75, 3.05) is 6.79 Å². The van der Waals surface area contributed by atoms with Gasteiger partial charge in [-0.3, -0.25) is 0 Å². The van der Waals surface area contributed by atoms with E-state index in [0.717, 1.165) is 28.9 Å². The maximum Gasteiger partial charge on any atom is 0.231 e. The Kier molecular flexibility index (Phi) is 4.85. The third-order valence-electron chi connectivity index (χ3n) is 3.81. The van der Waals surface area contributed by atoms with E-state index in [1.54, 1.807) is 0 Å². The molecule has 4 rings (SSSR count). The lowest BCUT2D eigenvalue weighted by Gasteiger charge is -2.22. The number of hydrogen-bond acceptors (Lipinski definition) is 5. The molecule has 0 radical (unpaired) electrons. The molecule has 5 heteroatoms.